The van der Waals surface area contributed by atoms with Crippen LogP contribution in [-0.2, 0) is 4.79 Å². The lowest BCUT2D eigenvalue weighted by Crippen LogP contribution is -2.25. The normalized spacial score (nSPS) is 21.2. The van der Waals surface area contributed by atoms with Crippen molar-refractivity contribution >= 4 is 39.2 Å². The van der Waals surface area contributed by atoms with Crippen molar-refractivity contribution < 1.29 is 4.79 Å². The number of aromatic amines is 1. The number of amides is 1. The number of rotatable bonds is 5. The van der Waals surface area contributed by atoms with E-state index >= 15 is 0 Å². The number of aromatic nitrogens is 1. The van der Waals surface area contributed by atoms with Crippen LogP contribution in [0, 0.1) is 18.3 Å². The van der Waals surface area contributed by atoms with Gasteiger partial charge in [-0.15, -0.1) is 11.6 Å². The second-order valence-electron chi connectivity index (χ2n) is 8.05. The Labute approximate surface area is 159 Å². The molecule has 1 aliphatic rings. The molecule has 1 saturated carbocycles. The lowest BCUT2D eigenvalue weighted by Gasteiger charge is -2.04. The van der Waals surface area contributed by atoms with Crippen molar-refractivity contribution in [3.63, 3.8) is 0 Å². The van der Waals surface area contributed by atoms with Crippen molar-refractivity contribution in [2.24, 2.45) is 11.3 Å². The summed E-state index contributed by atoms with van der Waals surface area (Å²) in [6.45, 7) is 7.56. The van der Waals surface area contributed by atoms with Crippen molar-refractivity contribution in [1.82, 2.24) is 10.3 Å². The van der Waals surface area contributed by atoms with Crippen LogP contribution >= 0.6 is 11.6 Å². The highest BCUT2D eigenvalue weighted by Gasteiger charge is 2.58. The van der Waals surface area contributed by atoms with Crippen LogP contribution < -0.4 is 5.32 Å². The molecule has 2 aromatic carbocycles. The summed E-state index contributed by atoms with van der Waals surface area (Å²) in [5.74, 6) is 1.04. The van der Waals surface area contributed by atoms with Crippen molar-refractivity contribution in [1.29, 1.82) is 0 Å². The highest BCUT2D eigenvalue weighted by atomic mass is 35.5. The van der Waals surface area contributed by atoms with E-state index in [1.807, 2.05) is 0 Å². The Hall–Kier alpha value is -2.00. The fourth-order valence-electron chi connectivity index (χ4n) is 4.76. The fourth-order valence-corrected chi connectivity index (χ4v) is 4.85. The average molecular weight is 369 g/mol. The van der Waals surface area contributed by atoms with E-state index in [4.69, 9.17) is 11.6 Å². The summed E-state index contributed by atoms with van der Waals surface area (Å²) in [6, 6.07) is 13.0. The van der Waals surface area contributed by atoms with Crippen LogP contribution in [0.2, 0.25) is 0 Å². The van der Waals surface area contributed by atoms with Crippen LogP contribution in [0.15, 0.2) is 36.4 Å². The molecule has 1 aliphatic carbocycles. The van der Waals surface area contributed by atoms with Gasteiger partial charge in [0.25, 0.3) is 0 Å². The van der Waals surface area contributed by atoms with E-state index in [-0.39, 0.29) is 17.2 Å². The summed E-state index contributed by atoms with van der Waals surface area (Å²) in [6.07, 6.45) is 0.986. The summed E-state index contributed by atoms with van der Waals surface area (Å²) >= 11 is 5.57. The van der Waals surface area contributed by atoms with Crippen LogP contribution in [0.3, 0.4) is 0 Å². The van der Waals surface area contributed by atoms with Crippen molar-refractivity contribution in [3.05, 3.63) is 47.7 Å². The van der Waals surface area contributed by atoms with Crippen molar-refractivity contribution in [3.8, 4) is 0 Å². The number of hydrogen-bond acceptors (Lipinski definition) is 1. The fraction of sp³-hybridized carbons (Fsp3) is 0.409. The Morgan fingerprint density at radius 1 is 1.19 bits per heavy atom. The molecule has 1 heterocycles. The molecule has 2 unspecified atom stereocenters. The van der Waals surface area contributed by atoms with Gasteiger partial charge in [-0.3, -0.25) is 4.79 Å². The number of carbonyl (C=O) groups is 1. The Balaban J connectivity index is 1.67. The van der Waals surface area contributed by atoms with Gasteiger partial charge in [0.05, 0.1) is 5.52 Å². The minimum absolute atomic E-state index is 0.0338. The van der Waals surface area contributed by atoms with Gasteiger partial charge in [0.1, 0.15) is 5.88 Å². The zero-order valence-electron chi connectivity index (χ0n) is 15.5. The van der Waals surface area contributed by atoms with E-state index in [2.05, 4.69) is 67.5 Å². The molecule has 0 radical (unpaired) electrons. The number of halogens is 1. The molecule has 0 aliphatic heterocycles. The second kappa shape index (κ2) is 6.31. The topological polar surface area (TPSA) is 44.9 Å². The van der Waals surface area contributed by atoms with Crippen LogP contribution in [0.5, 0.6) is 0 Å². The molecule has 1 fully saturated rings. The number of fused-ring (bicyclic) bond motifs is 3. The van der Waals surface area contributed by atoms with E-state index < -0.39 is 0 Å². The molecular weight excluding hydrogens is 344 g/mol. The van der Waals surface area contributed by atoms with Crippen molar-refractivity contribution in [2.75, 3.05) is 12.4 Å². The molecule has 2 atom stereocenters. The van der Waals surface area contributed by atoms with Crippen LogP contribution in [0.25, 0.3) is 21.7 Å². The molecule has 0 bridgehead atoms. The van der Waals surface area contributed by atoms with Crippen LogP contribution in [0.4, 0.5) is 0 Å². The molecule has 0 saturated heterocycles. The maximum absolute atomic E-state index is 11.4. The maximum atomic E-state index is 11.4. The molecule has 1 amide bonds. The number of alkyl halides is 1. The maximum Gasteiger partial charge on any atom is 0.234 e. The number of aryl methyl sites for hydroxylation is 1. The zero-order chi connectivity index (χ0) is 18.5. The predicted molar refractivity (Wildman–Crippen MR) is 109 cm³/mol. The number of benzene rings is 2. The van der Waals surface area contributed by atoms with Gasteiger partial charge in [-0.25, -0.2) is 0 Å². The smallest absolute Gasteiger partial charge is 0.234 e. The predicted octanol–water partition coefficient (Wildman–Crippen LogP) is 5.11. The number of H-pyrrole nitrogens is 1. The summed E-state index contributed by atoms with van der Waals surface area (Å²) in [5, 5.41) is 6.79. The molecule has 2 N–H and O–H groups in total. The quantitative estimate of drug-likeness (QED) is 0.603. The molecule has 4 rings (SSSR count). The first-order valence-corrected chi connectivity index (χ1v) is 9.81. The van der Waals surface area contributed by atoms with Crippen LogP contribution in [-0.4, -0.2) is 23.3 Å². The van der Waals surface area contributed by atoms with E-state index in [1.54, 1.807) is 0 Å². The number of hydrogen-bond donors (Lipinski definition) is 2. The molecule has 3 aromatic rings. The Morgan fingerprint density at radius 3 is 2.73 bits per heavy atom. The molecule has 136 valence electrons. The summed E-state index contributed by atoms with van der Waals surface area (Å²) in [7, 11) is 0. The third kappa shape index (κ3) is 2.69. The van der Waals surface area contributed by atoms with Gasteiger partial charge in [0.2, 0.25) is 5.91 Å². The first kappa shape index (κ1) is 17.4. The van der Waals surface area contributed by atoms with E-state index in [0.29, 0.717) is 18.4 Å². The zero-order valence-corrected chi connectivity index (χ0v) is 16.3. The average Bonchev–Trinajstić information content (AvgIpc) is 2.99. The highest BCUT2D eigenvalue weighted by Crippen LogP contribution is 2.67. The van der Waals surface area contributed by atoms with Gasteiger partial charge in [0, 0.05) is 23.0 Å². The van der Waals surface area contributed by atoms with Crippen LogP contribution in [0.1, 0.15) is 37.4 Å². The molecule has 0 spiro atoms. The standard InChI is InChI=1S/C22H25ClN2O/c1-13-19(20-17(22(20,2)3)10-11-24-18(26)12-23)16-9-8-14-6-4-5-7-15(14)21(16)25-13/h4-9,17,20,25H,10-12H2,1-3H3,(H,24,26). The Kier molecular flexibility index (Phi) is 4.23. The van der Waals surface area contributed by atoms with E-state index in [1.165, 1.54) is 32.9 Å². The van der Waals surface area contributed by atoms with E-state index in [0.717, 1.165) is 6.42 Å². The first-order valence-electron chi connectivity index (χ1n) is 9.27. The van der Waals surface area contributed by atoms with E-state index in [9.17, 15) is 4.79 Å². The lowest BCUT2D eigenvalue weighted by atomic mass is 9.98. The number of nitrogens with one attached hydrogen (secondary N) is 2. The molecule has 4 heteroatoms. The monoisotopic (exact) mass is 368 g/mol. The SMILES string of the molecule is Cc1[nH]c2c(ccc3ccccc32)c1C1C(CCNC(=O)CCl)C1(C)C. The summed E-state index contributed by atoms with van der Waals surface area (Å²) in [4.78, 5) is 15.0. The Morgan fingerprint density at radius 2 is 1.96 bits per heavy atom. The van der Waals surface area contributed by atoms with Gasteiger partial charge in [0.15, 0.2) is 0 Å². The van der Waals surface area contributed by atoms with Gasteiger partial charge < -0.3 is 10.3 Å². The Bertz CT molecular complexity index is 988. The second-order valence-corrected chi connectivity index (χ2v) is 8.32. The largest absolute Gasteiger partial charge is 0.358 e. The number of carbonyl (C=O) groups excluding carboxylic acids is 1. The van der Waals surface area contributed by atoms with Gasteiger partial charge in [-0.05, 0) is 41.5 Å². The molecule has 1 aromatic heterocycles. The molecule has 3 nitrogen and oxygen atoms in total. The molecular formula is C22H25ClN2O. The lowest BCUT2D eigenvalue weighted by molar-refractivity contribution is -0.118. The first-order chi connectivity index (χ1) is 12.4. The summed E-state index contributed by atoms with van der Waals surface area (Å²) < 4.78 is 0. The molecule has 26 heavy (non-hydrogen) atoms. The van der Waals surface area contributed by atoms with Crippen molar-refractivity contribution in [2.45, 2.75) is 33.1 Å². The summed E-state index contributed by atoms with van der Waals surface area (Å²) in [5.41, 5.74) is 4.20. The van der Waals surface area contributed by atoms with Gasteiger partial charge in [-0.1, -0.05) is 50.2 Å². The third-order valence-electron chi connectivity index (χ3n) is 6.20. The van der Waals surface area contributed by atoms with Gasteiger partial charge in [-0.2, -0.15) is 0 Å². The van der Waals surface area contributed by atoms with Gasteiger partial charge >= 0.3 is 0 Å². The minimum atomic E-state index is -0.0867. The minimum Gasteiger partial charge on any atom is -0.358 e. The highest BCUT2D eigenvalue weighted by molar-refractivity contribution is 6.27. The third-order valence-corrected chi connectivity index (χ3v) is 6.44.